The van der Waals surface area contributed by atoms with Crippen LogP contribution in [0.3, 0.4) is 0 Å². The van der Waals surface area contributed by atoms with E-state index in [0.29, 0.717) is 16.8 Å². The zero-order valence-electron chi connectivity index (χ0n) is 16.0. The Labute approximate surface area is 162 Å². The van der Waals surface area contributed by atoms with Crippen molar-refractivity contribution in [2.45, 2.75) is 25.7 Å². The molecule has 2 aromatic carbocycles. The van der Waals surface area contributed by atoms with Crippen molar-refractivity contribution in [2.24, 2.45) is 7.05 Å². The van der Waals surface area contributed by atoms with Crippen LogP contribution in [0.15, 0.2) is 36.4 Å². The first-order chi connectivity index (χ1) is 13.6. The second kappa shape index (κ2) is 6.63. The first kappa shape index (κ1) is 17.3. The van der Waals surface area contributed by atoms with E-state index in [1.54, 1.807) is 6.07 Å². The Morgan fingerprint density at radius 3 is 2.64 bits per heavy atom. The SMILES string of the molecule is Cc1nn(C)c2ccc(-c3cc(F)c4cc(C5CCNCC5)nnc4c3)cc12. The van der Waals surface area contributed by atoms with Gasteiger partial charge < -0.3 is 5.32 Å². The molecule has 1 aliphatic heterocycles. The van der Waals surface area contributed by atoms with Crippen LogP contribution in [0.5, 0.6) is 0 Å². The highest BCUT2D eigenvalue weighted by atomic mass is 19.1. The molecule has 0 radical (unpaired) electrons. The van der Waals surface area contributed by atoms with Crippen molar-refractivity contribution in [3.8, 4) is 11.1 Å². The maximum atomic E-state index is 15.0. The fourth-order valence-electron chi connectivity index (χ4n) is 4.22. The largest absolute Gasteiger partial charge is 0.317 e. The highest BCUT2D eigenvalue weighted by Gasteiger charge is 2.18. The topological polar surface area (TPSA) is 55.6 Å². The quantitative estimate of drug-likeness (QED) is 0.573. The van der Waals surface area contributed by atoms with E-state index in [1.165, 1.54) is 0 Å². The van der Waals surface area contributed by atoms with Crippen LogP contribution in [0.25, 0.3) is 32.9 Å². The van der Waals surface area contributed by atoms with Gasteiger partial charge in [0.05, 0.1) is 22.4 Å². The van der Waals surface area contributed by atoms with E-state index < -0.39 is 0 Å². The van der Waals surface area contributed by atoms with Crippen LogP contribution < -0.4 is 5.32 Å². The maximum absolute atomic E-state index is 15.0. The van der Waals surface area contributed by atoms with Crippen LogP contribution in [0.1, 0.15) is 30.1 Å². The summed E-state index contributed by atoms with van der Waals surface area (Å²) in [4.78, 5) is 0. The average molecular weight is 375 g/mol. The number of aryl methyl sites for hydroxylation is 2. The van der Waals surface area contributed by atoms with Crippen LogP contribution in [0, 0.1) is 12.7 Å². The summed E-state index contributed by atoms with van der Waals surface area (Å²) in [6, 6.07) is 11.5. The molecule has 2 aromatic heterocycles. The normalized spacial score (nSPS) is 15.5. The monoisotopic (exact) mass is 375 g/mol. The standard InChI is InChI=1S/C22H22FN5/c1-13-17-9-15(3-4-22(17)28(2)27-13)16-10-19(23)18-12-20(25-26-21(18)11-16)14-5-7-24-8-6-14/h3-4,9-12,14,24H,5-8H2,1-2H3. The van der Waals surface area contributed by atoms with Gasteiger partial charge in [0, 0.05) is 23.7 Å². The summed E-state index contributed by atoms with van der Waals surface area (Å²) in [5.74, 6) is 0.105. The van der Waals surface area contributed by atoms with Crippen molar-refractivity contribution in [1.29, 1.82) is 0 Å². The lowest BCUT2D eigenvalue weighted by molar-refractivity contribution is 0.451. The number of benzene rings is 2. The molecule has 6 heteroatoms. The number of hydrogen-bond acceptors (Lipinski definition) is 4. The number of rotatable bonds is 2. The van der Waals surface area contributed by atoms with Gasteiger partial charge in [-0.25, -0.2) is 4.39 Å². The van der Waals surface area contributed by atoms with Crippen molar-refractivity contribution in [2.75, 3.05) is 13.1 Å². The minimum absolute atomic E-state index is 0.249. The molecule has 0 amide bonds. The molecule has 0 saturated carbocycles. The van der Waals surface area contributed by atoms with Gasteiger partial charge in [-0.05, 0) is 74.3 Å². The molecule has 1 saturated heterocycles. The fraction of sp³-hybridized carbons (Fsp3) is 0.318. The van der Waals surface area contributed by atoms with Crippen LogP contribution in [0.2, 0.25) is 0 Å². The van der Waals surface area contributed by atoms with Gasteiger partial charge in [-0.3, -0.25) is 4.68 Å². The fourth-order valence-corrected chi connectivity index (χ4v) is 4.22. The zero-order chi connectivity index (χ0) is 19.3. The third-order valence-electron chi connectivity index (χ3n) is 5.80. The molecule has 0 aliphatic carbocycles. The molecular weight excluding hydrogens is 353 g/mol. The third kappa shape index (κ3) is 2.85. The number of nitrogens with one attached hydrogen (secondary N) is 1. The first-order valence-electron chi connectivity index (χ1n) is 9.71. The second-order valence-corrected chi connectivity index (χ2v) is 7.63. The molecule has 1 fully saturated rings. The van der Waals surface area contributed by atoms with E-state index in [1.807, 2.05) is 42.9 Å². The number of nitrogens with zero attached hydrogens (tertiary/aromatic N) is 4. The van der Waals surface area contributed by atoms with Crippen LogP contribution in [-0.4, -0.2) is 33.1 Å². The van der Waals surface area contributed by atoms with Crippen molar-refractivity contribution in [3.05, 3.63) is 53.6 Å². The van der Waals surface area contributed by atoms with E-state index in [2.05, 4.69) is 26.7 Å². The van der Waals surface area contributed by atoms with Gasteiger partial charge in [0.15, 0.2) is 0 Å². The lowest BCUT2D eigenvalue weighted by Crippen LogP contribution is -2.27. The lowest BCUT2D eigenvalue weighted by atomic mass is 9.93. The van der Waals surface area contributed by atoms with Crippen molar-refractivity contribution >= 4 is 21.8 Å². The van der Waals surface area contributed by atoms with E-state index in [0.717, 1.165) is 59.3 Å². The van der Waals surface area contributed by atoms with Gasteiger partial charge in [-0.1, -0.05) is 6.07 Å². The summed E-state index contributed by atoms with van der Waals surface area (Å²) in [6.45, 7) is 3.94. The molecule has 5 nitrogen and oxygen atoms in total. The third-order valence-corrected chi connectivity index (χ3v) is 5.80. The molecule has 28 heavy (non-hydrogen) atoms. The Morgan fingerprint density at radius 2 is 1.82 bits per heavy atom. The van der Waals surface area contributed by atoms with E-state index in [9.17, 15) is 4.39 Å². The van der Waals surface area contributed by atoms with E-state index in [4.69, 9.17) is 0 Å². The highest BCUT2D eigenvalue weighted by molar-refractivity contribution is 5.90. The number of aromatic nitrogens is 4. The number of piperidine rings is 1. The summed E-state index contributed by atoms with van der Waals surface area (Å²) < 4.78 is 16.8. The molecule has 1 aliphatic rings. The zero-order valence-corrected chi connectivity index (χ0v) is 16.0. The van der Waals surface area contributed by atoms with Crippen LogP contribution in [0.4, 0.5) is 4.39 Å². The molecule has 0 unspecified atom stereocenters. The van der Waals surface area contributed by atoms with Gasteiger partial charge in [0.25, 0.3) is 0 Å². The molecule has 0 spiro atoms. The smallest absolute Gasteiger partial charge is 0.133 e. The molecule has 3 heterocycles. The average Bonchev–Trinajstić information content (AvgIpc) is 3.01. The molecular formula is C22H22FN5. The summed E-state index contributed by atoms with van der Waals surface area (Å²) in [7, 11) is 1.93. The van der Waals surface area contributed by atoms with Gasteiger partial charge in [0.1, 0.15) is 5.82 Å². The Balaban J connectivity index is 1.58. The summed E-state index contributed by atoms with van der Waals surface area (Å²) >= 11 is 0. The summed E-state index contributed by atoms with van der Waals surface area (Å²) in [6.07, 6.45) is 2.04. The Morgan fingerprint density at radius 1 is 1.00 bits per heavy atom. The van der Waals surface area contributed by atoms with Crippen molar-refractivity contribution in [1.82, 2.24) is 25.3 Å². The first-order valence-corrected chi connectivity index (χ1v) is 9.71. The van der Waals surface area contributed by atoms with Crippen LogP contribution in [-0.2, 0) is 7.05 Å². The van der Waals surface area contributed by atoms with Crippen molar-refractivity contribution < 1.29 is 4.39 Å². The van der Waals surface area contributed by atoms with Gasteiger partial charge in [-0.2, -0.15) is 15.3 Å². The predicted molar refractivity (Wildman–Crippen MR) is 109 cm³/mol. The molecule has 0 bridgehead atoms. The molecule has 1 N–H and O–H groups in total. The number of fused-ring (bicyclic) bond motifs is 2. The maximum Gasteiger partial charge on any atom is 0.133 e. The highest BCUT2D eigenvalue weighted by Crippen LogP contribution is 2.31. The second-order valence-electron chi connectivity index (χ2n) is 7.63. The van der Waals surface area contributed by atoms with Gasteiger partial charge in [-0.15, -0.1) is 0 Å². The molecule has 142 valence electrons. The van der Waals surface area contributed by atoms with Crippen LogP contribution >= 0.6 is 0 Å². The number of hydrogen-bond donors (Lipinski definition) is 1. The molecule has 5 rings (SSSR count). The molecule has 4 aromatic rings. The van der Waals surface area contributed by atoms with Crippen molar-refractivity contribution in [3.63, 3.8) is 0 Å². The Kier molecular flexibility index (Phi) is 4.09. The summed E-state index contributed by atoms with van der Waals surface area (Å²) in [5.41, 5.74) is 5.28. The van der Waals surface area contributed by atoms with E-state index in [-0.39, 0.29) is 5.82 Å². The Bertz CT molecular complexity index is 1190. The predicted octanol–water partition coefficient (Wildman–Crippen LogP) is 4.10. The van der Waals surface area contributed by atoms with E-state index >= 15 is 0 Å². The number of halogens is 1. The lowest BCUT2D eigenvalue weighted by Gasteiger charge is -2.21. The van der Waals surface area contributed by atoms with Gasteiger partial charge >= 0.3 is 0 Å². The Hall–Kier alpha value is -2.86. The molecule has 0 atom stereocenters. The minimum atomic E-state index is -0.249. The minimum Gasteiger partial charge on any atom is -0.317 e. The van der Waals surface area contributed by atoms with Gasteiger partial charge in [0.2, 0.25) is 0 Å². The summed E-state index contributed by atoms with van der Waals surface area (Å²) in [5, 5.41) is 18.2.